The Morgan fingerprint density at radius 2 is 1.86 bits per heavy atom. The normalized spacial score (nSPS) is 15.0. The Labute approximate surface area is 203 Å². The number of alkyl halides is 4. The fraction of sp³-hybridized carbons (Fsp3) is 0.208. The molecule has 1 aliphatic rings. The first-order valence-corrected chi connectivity index (χ1v) is 10.8. The van der Waals surface area contributed by atoms with Crippen molar-refractivity contribution < 1.29 is 27.1 Å². The Balaban J connectivity index is 1.67. The highest BCUT2D eigenvalue weighted by atomic mass is 32.1. The van der Waals surface area contributed by atoms with E-state index in [4.69, 9.17) is 17.0 Å². The van der Waals surface area contributed by atoms with Gasteiger partial charge < -0.3 is 10.1 Å². The third-order valence-electron chi connectivity index (χ3n) is 5.45. The molecular formula is C24H20F4N4O2S. The molecule has 1 fully saturated rings. The monoisotopic (exact) mass is 504 g/mol. The molecule has 11 heteroatoms. The highest BCUT2D eigenvalue weighted by Crippen LogP contribution is 2.29. The van der Waals surface area contributed by atoms with Gasteiger partial charge in [0.1, 0.15) is 22.8 Å². The van der Waals surface area contributed by atoms with Crippen LogP contribution in [0.3, 0.4) is 0 Å². The van der Waals surface area contributed by atoms with E-state index in [0.29, 0.717) is 28.6 Å². The topological polar surface area (TPSA) is 59.4 Å². The van der Waals surface area contributed by atoms with Crippen molar-refractivity contribution in [2.75, 3.05) is 12.0 Å². The number of rotatable bonds is 7. The number of carbonyl (C=O) groups excluding carboxylic acids is 1. The second-order valence-electron chi connectivity index (χ2n) is 7.74. The van der Waals surface area contributed by atoms with E-state index in [1.54, 1.807) is 36.4 Å². The van der Waals surface area contributed by atoms with E-state index in [1.807, 2.05) is 19.1 Å². The molecule has 2 heterocycles. The van der Waals surface area contributed by atoms with Gasteiger partial charge in [-0.3, -0.25) is 14.4 Å². The quantitative estimate of drug-likeness (QED) is 0.266. The third-order valence-corrected chi connectivity index (χ3v) is 5.73. The summed E-state index contributed by atoms with van der Waals surface area (Å²) in [6, 6.07) is 12.9. The van der Waals surface area contributed by atoms with Crippen molar-refractivity contribution in [2.45, 2.75) is 26.3 Å². The summed E-state index contributed by atoms with van der Waals surface area (Å²) in [5, 5.41) is 6.76. The summed E-state index contributed by atoms with van der Waals surface area (Å²) >= 11 is 5.36. The van der Waals surface area contributed by atoms with Crippen LogP contribution in [0.15, 0.2) is 54.2 Å². The Bertz CT molecular complexity index is 1320. The molecule has 0 spiro atoms. The van der Waals surface area contributed by atoms with Crippen LogP contribution >= 0.6 is 12.2 Å². The number of nitrogens with zero attached hydrogens (tertiary/aromatic N) is 3. The van der Waals surface area contributed by atoms with Crippen LogP contribution in [0.4, 0.5) is 23.2 Å². The number of ether oxygens (including phenoxy) is 1. The zero-order valence-corrected chi connectivity index (χ0v) is 19.5. The average Bonchev–Trinajstić information content (AvgIpc) is 3.36. The number of hydrogen-bond donors (Lipinski definition) is 1. The van der Waals surface area contributed by atoms with E-state index >= 15 is 0 Å². The molecule has 35 heavy (non-hydrogen) atoms. The fourth-order valence-corrected chi connectivity index (χ4v) is 4.06. The number of para-hydroxylation sites is 1. The number of aromatic nitrogens is 2. The number of benzene rings is 2. The molecule has 0 bridgehead atoms. The van der Waals surface area contributed by atoms with Gasteiger partial charge in [0.2, 0.25) is 0 Å². The fourth-order valence-electron chi connectivity index (χ4n) is 3.77. The van der Waals surface area contributed by atoms with Crippen LogP contribution < -0.4 is 15.0 Å². The zero-order valence-electron chi connectivity index (χ0n) is 18.6. The number of aryl methyl sites for hydroxylation is 1. The predicted octanol–water partition coefficient (Wildman–Crippen LogP) is 5.39. The van der Waals surface area contributed by atoms with Gasteiger partial charge in [0.15, 0.2) is 5.11 Å². The molecule has 6 nitrogen and oxygen atoms in total. The second-order valence-corrected chi connectivity index (χ2v) is 8.13. The molecule has 1 N–H and O–H groups in total. The zero-order chi connectivity index (χ0) is 25.3. The first-order valence-electron chi connectivity index (χ1n) is 10.4. The van der Waals surface area contributed by atoms with Crippen molar-refractivity contribution in [1.82, 2.24) is 15.1 Å². The van der Waals surface area contributed by atoms with Gasteiger partial charge in [-0.25, -0.2) is 17.6 Å². The number of carbonyl (C=O) groups is 1. The predicted molar refractivity (Wildman–Crippen MR) is 127 cm³/mol. The van der Waals surface area contributed by atoms with Gasteiger partial charge in [0.05, 0.1) is 19.3 Å². The summed E-state index contributed by atoms with van der Waals surface area (Å²) < 4.78 is 59.1. The SMILES string of the molecule is COc1ccc(/C=C2/NC(=S)N(c3ccccc3C)C2=O)cc1Cn1nc(C(F)F)cc1C(F)F. The molecule has 0 atom stereocenters. The van der Waals surface area contributed by atoms with E-state index in [1.165, 1.54) is 12.0 Å². The van der Waals surface area contributed by atoms with E-state index < -0.39 is 24.2 Å². The minimum Gasteiger partial charge on any atom is -0.496 e. The third kappa shape index (κ3) is 4.90. The lowest BCUT2D eigenvalue weighted by atomic mass is 10.1. The number of anilines is 1. The van der Waals surface area contributed by atoms with Gasteiger partial charge >= 0.3 is 0 Å². The average molecular weight is 505 g/mol. The van der Waals surface area contributed by atoms with Crippen molar-refractivity contribution in [1.29, 1.82) is 0 Å². The summed E-state index contributed by atoms with van der Waals surface area (Å²) in [5.74, 6) is -0.000431. The minimum absolute atomic E-state index is 0.224. The molecule has 2 aromatic carbocycles. The molecule has 0 radical (unpaired) electrons. The van der Waals surface area contributed by atoms with Gasteiger partial charge in [-0.15, -0.1) is 0 Å². The molecular weight excluding hydrogens is 484 g/mol. The molecule has 182 valence electrons. The van der Waals surface area contributed by atoms with E-state index in [9.17, 15) is 22.4 Å². The molecule has 4 rings (SSSR count). The number of thiocarbonyl (C=S) groups is 1. The van der Waals surface area contributed by atoms with Crippen LogP contribution in [-0.2, 0) is 11.3 Å². The maximum Gasteiger partial charge on any atom is 0.282 e. The molecule has 1 saturated heterocycles. The van der Waals surface area contributed by atoms with Crippen LogP contribution in [0.1, 0.15) is 40.9 Å². The Hall–Kier alpha value is -3.73. The molecule has 1 amide bonds. The summed E-state index contributed by atoms with van der Waals surface area (Å²) in [6.45, 7) is 1.63. The summed E-state index contributed by atoms with van der Waals surface area (Å²) in [7, 11) is 1.40. The van der Waals surface area contributed by atoms with Gasteiger partial charge in [0.25, 0.3) is 18.8 Å². The van der Waals surface area contributed by atoms with Crippen LogP contribution in [0, 0.1) is 6.92 Å². The van der Waals surface area contributed by atoms with Crippen LogP contribution in [0.5, 0.6) is 5.75 Å². The molecule has 0 saturated carbocycles. The highest BCUT2D eigenvalue weighted by molar-refractivity contribution is 7.80. The van der Waals surface area contributed by atoms with E-state index in [0.717, 1.165) is 10.2 Å². The number of amides is 1. The number of halogens is 4. The van der Waals surface area contributed by atoms with Crippen LogP contribution in [0.2, 0.25) is 0 Å². The van der Waals surface area contributed by atoms with Crippen molar-refractivity contribution in [3.63, 3.8) is 0 Å². The Morgan fingerprint density at radius 1 is 1.11 bits per heavy atom. The molecule has 1 aromatic heterocycles. The molecule has 1 aliphatic heterocycles. The van der Waals surface area contributed by atoms with Gasteiger partial charge in [-0.05, 0) is 60.6 Å². The van der Waals surface area contributed by atoms with Crippen molar-refractivity contribution in [3.05, 3.63) is 82.3 Å². The number of methoxy groups -OCH3 is 1. The lowest BCUT2D eigenvalue weighted by molar-refractivity contribution is -0.113. The second kappa shape index (κ2) is 9.87. The summed E-state index contributed by atoms with van der Waals surface area (Å²) in [6.07, 6.45) is -4.40. The summed E-state index contributed by atoms with van der Waals surface area (Å²) in [4.78, 5) is 14.5. The Kier molecular flexibility index (Phi) is 6.88. The molecule has 0 aliphatic carbocycles. The number of nitrogens with one attached hydrogen (secondary N) is 1. The van der Waals surface area contributed by atoms with Crippen molar-refractivity contribution >= 4 is 35.0 Å². The first-order chi connectivity index (χ1) is 16.7. The van der Waals surface area contributed by atoms with Gasteiger partial charge in [-0.1, -0.05) is 24.3 Å². The largest absolute Gasteiger partial charge is 0.496 e. The van der Waals surface area contributed by atoms with Crippen molar-refractivity contribution in [3.8, 4) is 5.75 Å². The lowest BCUT2D eigenvalue weighted by Crippen LogP contribution is -2.30. The van der Waals surface area contributed by atoms with E-state index in [-0.39, 0.29) is 23.3 Å². The maximum absolute atomic E-state index is 13.4. The lowest BCUT2D eigenvalue weighted by Gasteiger charge is -2.16. The maximum atomic E-state index is 13.4. The van der Waals surface area contributed by atoms with Crippen LogP contribution in [0.25, 0.3) is 6.08 Å². The van der Waals surface area contributed by atoms with Gasteiger partial charge in [-0.2, -0.15) is 5.10 Å². The highest BCUT2D eigenvalue weighted by Gasteiger charge is 2.32. The number of hydrogen-bond acceptors (Lipinski definition) is 4. The smallest absolute Gasteiger partial charge is 0.282 e. The van der Waals surface area contributed by atoms with E-state index in [2.05, 4.69) is 10.4 Å². The minimum atomic E-state index is -2.99. The Morgan fingerprint density at radius 3 is 2.51 bits per heavy atom. The molecule has 0 unspecified atom stereocenters. The van der Waals surface area contributed by atoms with Crippen LogP contribution in [-0.4, -0.2) is 27.9 Å². The van der Waals surface area contributed by atoms with Crippen molar-refractivity contribution in [2.24, 2.45) is 0 Å². The molecule has 3 aromatic rings. The summed E-state index contributed by atoms with van der Waals surface area (Å²) in [5.41, 5.74) is 1.35. The first kappa shape index (κ1) is 24.4. The standard InChI is InChI=1S/C24H20F4N4O2S/c1-13-5-3-4-6-18(13)32-23(33)17(29-24(32)35)10-14-7-8-20(34-2)15(9-14)12-31-19(22(27)28)11-16(30-31)21(25)26/h3-11,21-22H,12H2,1-2H3,(H,29,35)/b17-10+. The van der Waals surface area contributed by atoms with Gasteiger partial charge in [0, 0.05) is 5.56 Å².